The monoisotopic (exact) mass is 270 g/mol. The Morgan fingerprint density at radius 3 is 2.60 bits per heavy atom. The van der Waals surface area contributed by atoms with Gasteiger partial charge in [0.2, 0.25) is 5.91 Å². The molecule has 20 heavy (non-hydrogen) atoms. The summed E-state index contributed by atoms with van der Waals surface area (Å²) in [5, 5.41) is 10.8. The summed E-state index contributed by atoms with van der Waals surface area (Å²) in [5.41, 5.74) is 2.28. The van der Waals surface area contributed by atoms with Gasteiger partial charge >= 0.3 is 0 Å². The average Bonchev–Trinajstić information content (AvgIpc) is 2.41. The van der Waals surface area contributed by atoms with Crippen molar-refractivity contribution in [2.75, 3.05) is 16.8 Å². The minimum Gasteiger partial charge on any atom is -0.325 e. The molecule has 0 saturated carbocycles. The van der Waals surface area contributed by atoms with Gasteiger partial charge < -0.3 is 10.2 Å². The van der Waals surface area contributed by atoms with Crippen LogP contribution in [-0.2, 0) is 4.79 Å². The molecule has 0 aliphatic carbocycles. The number of hydrogen-bond donors (Lipinski definition) is 1. The Labute approximate surface area is 118 Å². The second-order valence-electron chi connectivity index (χ2n) is 4.54. The van der Waals surface area contributed by atoms with Gasteiger partial charge in [-0.15, -0.1) is 10.2 Å². The first kappa shape index (κ1) is 14.0. The Balaban J connectivity index is 2.26. The van der Waals surface area contributed by atoms with Crippen molar-refractivity contribution in [3.63, 3.8) is 0 Å². The maximum Gasteiger partial charge on any atom is 0.222 e. The molecule has 1 aromatic carbocycles. The second kappa shape index (κ2) is 6.14. The number of aromatic nitrogens is 2. The van der Waals surface area contributed by atoms with Crippen LogP contribution in [-0.4, -0.2) is 22.6 Å². The molecule has 0 radical (unpaired) electrons. The van der Waals surface area contributed by atoms with E-state index in [0.29, 0.717) is 5.82 Å². The van der Waals surface area contributed by atoms with Crippen molar-refractivity contribution in [1.82, 2.24) is 10.2 Å². The summed E-state index contributed by atoms with van der Waals surface area (Å²) >= 11 is 0. The summed E-state index contributed by atoms with van der Waals surface area (Å²) in [4.78, 5) is 13.0. The summed E-state index contributed by atoms with van der Waals surface area (Å²) in [5.74, 6) is 1.06. The number of aryl methyl sites for hydroxylation is 1. The number of rotatable bonds is 4. The molecule has 2 aromatic rings. The summed E-state index contributed by atoms with van der Waals surface area (Å²) < 4.78 is 0. The third-order valence-corrected chi connectivity index (χ3v) is 2.86. The van der Waals surface area contributed by atoms with Crippen molar-refractivity contribution in [3.05, 3.63) is 42.0 Å². The van der Waals surface area contributed by atoms with Gasteiger partial charge in [-0.05, 0) is 43.7 Å². The molecule has 0 saturated heterocycles. The molecule has 0 bridgehead atoms. The van der Waals surface area contributed by atoms with Crippen LogP contribution in [0, 0.1) is 6.92 Å². The predicted octanol–water partition coefficient (Wildman–Crippen LogP) is 2.90. The molecule has 0 spiro atoms. The van der Waals surface area contributed by atoms with E-state index in [-0.39, 0.29) is 5.91 Å². The molecule has 1 heterocycles. The maximum absolute atomic E-state index is 11.0. The molecule has 2 rings (SSSR count). The molecule has 5 heteroatoms. The van der Waals surface area contributed by atoms with Crippen LogP contribution >= 0.6 is 0 Å². The number of carbonyl (C=O) groups is 1. The first-order valence-corrected chi connectivity index (χ1v) is 6.55. The molecule has 1 N–H and O–H groups in total. The second-order valence-corrected chi connectivity index (χ2v) is 4.54. The zero-order chi connectivity index (χ0) is 14.5. The van der Waals surface area contributed by atoms with Gasteiger partial charge in [-0.3, -0.25) is 4.79 Å². The van der Waals surface area contributed by atoms with Gasteiger partial charge in [-0.2, -0.15) is 0 Å². The summed E-state index contributed by atoms with van der Waals surface area (Å²) in [6.07, 6.45) is 0. The van der Waals surface area contributed by atoms with Gasteiger partial charge in [0, 0.05) is 19.2 Å². The fourth-order valence-electron chi connectivity index (χ4n) is 1.99. The highest BCUT2D eigenvalue weighted by Crippen LogP contribution is 2.23. The largest absolute Gasteiger partial charge is 0.325 e. The van der Waals surface area contributed by atoms with Crippen molar-refractivity contribution >= 4 is 23.2 Å². The molecule has 0 fully saturated rings. The van der Waals surface area contributed by atoms with Crippen LogP contribution in [0.1, 0.15) is 19.4 Å². The highest BCUT2D eigenvalue weighted by Gasteiger charge is 2.09. The molecule has 104 valence electrons. The summed E-state index contributed by atoms with van der Waals surface area (Å²) in [7, 11) is 0. The summed E-state index contributed by atoms with van der Waals surface area (Å²) in [6, 6.07) is 11.8. The third kappa shape index (κ3) is 3.32. The Hall–Kier alpha value is -2.43. The van der Waals surface area contributed by atoms with Gasteiger partial charge in [-0.1, -0.05) is 12.1 Å². The number of benzene rings is 1. The Kier molecular flexibility index (Phi) is 4.30. The molecule has 5 nitrogen and oxygen atoms in total. The Bertz CT molecular complexity index is 595. The molecular formula is C15H18N4O. The van der Waals surface area contributed by atoms with Gasteiger partial charge in [0.05, 0.1) is 0 Å². The minimum absolute atomic E-state index is 0.155. The minimum atomic E-state index is -0.155. The number of hydrogen-bond acceptors (Lipinski definition) is 4. The first-order chi connectivity index (χ1) is 9.60. The molecule has 1 aromatic heterocycles. The van der Waals surface area contributed by atoms with Gasteiger partial charge in [0.15, 0.2) is 11.6 Å². The van der Waals surface area contributed by atoms with E-state index >= 15 is 0 Å². The number of carbonyl (C=O) groups excluding carboxylic acids is 1. The van der Waals surface area contributed by atoms with Crippen molar-refractivity contribution in [2.24, 2.45) is 0 Å². The number of amides is 1. The fraction of sp³-hybridized carbons (Fsp3) is 0.267. The van der Waals surface area contributed by atoms with Crippen molar-refractivity contribution in [2.45, 2.75) is 20.8 Å². The van der Waals surface area contributed by atoms with E-state index in [1.54, 1.807) is 6.07 Å². The lowest BCUT2D eigenvalue weighted by Crippen LogP contribution is -2.18. The van der Waals surface area contributed by atoms with Crippen LogP contribution in [0.5, 0.6) is 0 Å². The van der Waals surface area contributed by atoms with Crippen LogP contribution in [0.4, 0.5) is 17.3 Å². The molecule has 0 aliphatic heterocycles. The van der Waals surface area contributed by atoms with E-state index in [9.17, 15) is 4.79 Å². The first-order valence-electron chi connectivity index (χ1n) is 6.55. The fourth-order valence-corrected chi connectivity index (χ4v) is 1.99. The Morgan fingerprint density at radius 1 is 1.25 bits per heavy atom. The van der Waals surface area contributed by atoms with Crippen LogP contribution in [0.15, 0.2) is 36.4 Å². The highest BCUT2D eigenvalue weighted by molar-refractivity contribution is 5.87. The lowest BCUT2D eigenvalue weighted by molar-refractivity contribution is -0.114. The van der Waals surface area contributed by atoms with E-state index < -0.39 is 0 Å². The maximum atomic E-state index is 11.0. The smallest absolute Gasteiger partial charge is 0.222 e. The van der Waals surface area contributed by atoms with E-state index in [4.69, 9.17) is 0 Å². The van der Waals surface area contributed by atoms with Crippen molar-refractivity contribution < 1.29 is 4.79 Å². The average molecular weight is 270 g/mol. The number of nitrogens with one attached hydrogen (secondary N) is 1. The summed E-state index contributed by atoms with van der Waals surface area (Å²) in [6.45, 7) is 6.35. The van der Waals surface area contributed by atoms with E-state index in [1.165, 1.54) is 12.5 Å². The standard InChI is InChI=1S/C15H18N4O/c1-4-19(13-7-5-6-11(2)10-13)15-9-8-14(17-18-15)16-12(3)20/h5-10H,4H2,1-3H3,(H,16,17,20). The van der Waals surface area contributed by atoms with Crippen molar-refractivity contribution in [3.8, 4) is 0 Å². The highest BCUT2D eigenvalue weighted by atomic mass is 16.1. The molecule has 0 atom stereocenters. The predicted molar refractivity (Wildman–Crippen MR) is 80.2 cm³/mol. The van der Waals surface area contributed by atoms with E-state index in [1.807, 2.05) is 18.2 Å². The number of nitrogens with zero attached hydrogens (tertiary/aromatic N) is 3. The molecule has 1 amide bonds. The third-order valence-electron chi connectivity index (χ3n) is 2.86. The van der Waals surface area contributed by atoms with Crippen LogP contribution in [0.25, 0.3) is 0 Å². The van der Waals surface area contributed by atoms with Crippen molar-refractivity contribution in [1.29, 1.82) is 0 Å². The van der Waals surface area contributed by atoms with Crippen LogP contribution in [0.2, 0.25) is 0 Å². The van der Waals surface area contributed by atoms with Gasteiger partial charge in [0.1, 0.15) is 0 Å². The lowest BCUT2D eigenvalue weighted by atomic mass is 10.2. The number of anilines is 3. The van der Waals surface area contributed by atoms with Gasteiger partial charge in [0.25, 0.3) is 0 Å². The zero-order valence-corrected chi connectivity index (χ0v) is 11.9. The quantitative estimate of drug-likeness (QED) is 0.928. The Morgan fingerprint density at radius 2 is 2.05 bits per heavy atom. The lowest BCUT2D eigenvalue weighted by Gasteiger charge is -2.22. The van der Waals surface area contributed by atoms with E-state index in [0.717, 1.165) is 18.1 Å². The van der Waals surface area contributed by atoms with E-state index in [2.05, 4.69) is 46.4 Å². The zero-order valence-electron chi connectivity index (χ0n) is 11.9. The van der Waals surface area contributed by atoms with Gasteiger partial charge in [-0.25, -0.2) is 0 Å². The normalized spacial score (nSPS) is 10.2. The topological polar surface area (TPSA) is 58.1 Å². The SMILES string of the molecule is CCN(c1cccc(C)c1)c1ccc(NC(C)=O)nn1. The molecule has 0 aliphatic rings. The van der Waals surface area contributed by atoms with Crippen LogP contribution < -0.4 is 10.2 Å². The van der Waals surface area contributed by atoms with Crippen LogP contribution in [0.3, 0.4) is 0 Å². The molecular weight excluding hydrogens is 252 g/mol. The molecule has 0 unspecified atom stereocenters.